The van der Waals surface area contributed by atoms with Gasteiger partial charge in [-0.2, -0.15) is 0 Å². The zero-order chi connectivity index (χ0) is 12.1. The molecular formula is C11H25N3O2. The molecule has 16 heavy (non-hydrogen) atoms. The molecule has 0 heterocycles. The summed E-state index contributed by atoms with van der Waals surface area (Å²) in [6.07, 6.45) is 1.61. The third-order valence-electron chi connectivity index (χ3n) is 2.12. The zero-order valence-electron chi connectivity index (χ0n) is 10.5. The summed E-state index contributed by atoms with van der Waals surface area (Å²) in [5.41, 5.74) is 0. The van der Waals surface area contributed by atoms with Crippen molar-refractivity contribution in [3.63, 3.8) is 0 Å². The molecule has 0 atom stereocenters. The van der Waals surface area contributed by atoms with Crippen molar-refractivity contribution in [1.29, 1.82) is 0 Å². The minimum atomic E-state index is -0.163. The monoisotopic (exact) mass is 231 g/mol. The van der Waals surface area contributed by atoms with Crippen LogP contribution in [0.25, 0.3) is 0 Å². The van der Waals surface area contributed by atoms with E-state index in [9.17, 15) is 4.79 Å². The number of hydrogen-bond acceptors (Lipinski definition) is 5. The van der Waals surface area contributed by atoms with Crippen molar-refractivity contribution in [3.05, 3.63) is 0 Å². The first-order valence-electron chi connectivity index (χ1n) is 6.00. The van der Waals surface area contributed by atoms with Crippen LogP contribution in [0.1, 0.15) is 19.8 Å². The van der Waals surface area contributed by atoms with E-state index in [4.69, 9.17) is 0 Å². The number of methoxy groups -OCH3 is 1. The summed E-state index contributed by atoms with van der Waals surface area (Å²) >= 11 is 0. The Labute approximate surface area is 98.3 Å². The molecule has 5 nitrogen and oxygen atoms in total. The van der Waals surface area contributed by atoms with Gasteiger partial charge in [-0.3, -0.25) is 4.79 Å². The molecule has 0 aliphatic rings. The van der Waals surface area contributed by atoms with E-state index in [2.05, 4.69) is 27.6 Å². The van der Waals surface area contributed by atoms with Crippen molar-refractivity contribution in [2.45, 2.75) is 19.8 Å². The van der Waals surface area contributed by atoms with Gasteiger partial charge in [-0.1, -0.05) is 6.92 Å². The number of carbonyl (C=O) groups excluding carboxylic acids is 1. The highest BCUT2D eigenvalue weighted by molar-refractivity contribution is 5.69. The molecule has 96 valence electrons. The summed E-state index contributed by atoms with van der Waals surface area (Å²) in [5, 5.41) is 9.79. The summed E-state index contributed by atoms with van der Waals surface area (Å²) < 4.78 is 4.53. The second-order valence-corrected chi connectivity index (χ2v) is 3.58. The lowest BCUT2D eigenvalue weighted by atomic mass is 10.4. The summed E-state index contributed by atoms with van der Waals surface area (Å²) in [6, 6.07) is 0. The molecule has 0 aromatic carbocycles. The van der Waals surface area contributed by atoms with E-state index in [-0.39, 0.29) is 5.97 Å². The maximum absolute atomic E-state index is 10.8. The molecule has 0 fully saturated rings. The maximum Gasteiger partial charge on any atom is 0.306 e. The van der Waals surface area contributed by atoms with Gasteiger partial charge in [0, 0.05) is 32.7 Å². The van der Waals surface area contributed by atoms with Crippen molar-refractivity contribution in [1.82, 2.24) is 16.0 Å². The quantitative estimate of drug-likeness (QED) is 0.337. The van der Waals surface area contributed by atoms with Crippen molar-refractivity contribution in [2.24, 2.45) is 0 Å². The summed E-state index contributed by atoms with van der Waals surface area (Å²) in [4.78, 5) is 10.8. The number of rotatable bonds is 11. The Balaban J connectivity index is 2.96. The normalized spacial score (nSPS) is 10.4. The predicted molar refractivity (Wildman–Crippen MR) is 65.5 cm³/mol. The average molecular weight is 231 g/mol. The minimum absolute atomic E-state index is 0.163. The van der Waals surface area contributed by atoms with Crippen molar-refractivity contribution >= 4 is 5.97 Å². The summed E-state index contributed by atoms with van der Waals surface area (Å²) in [7, 11) is 1.41. The van der Waals surface area contributed by atoms with Gasteiger partial charge in [-0.05, 0) is 13.0 Å². The van der Waals surface area contributed by atoms with Crippen LogP contribution < -0.4 is 16.0 Å². The molecule has 5 heteroatoms. The first kappa shape index (κ1) is 15.3. The Morgan fingerprint density at radius 2 is 1.44 bits per heavy atom. The molecular weight excluding hydrogens is 206 g/mol. The lowest BCUT2D eigenvalue weighted by molar-refractivity contribution is -0.140. The Hall–Kier alpha value is -0.650. The molecule has 0 aromatic rings. The van der Waals surface area contributed by atoms with Crippen LogP contribution in [0, 0.1) is 0 Å². The second-order valence-electron chi connectivity index (χ2n) is 3.58. The van der Waals surface area contributed by atoms with Crippen molar-refractivity contribution < 1.29 is 9.53 Å². The van der Waals surface area contributed by atoms with E-state index < -0.39 is 0 Å². The first-order chi connectivity index (χ1) is 7.81. The Morgan fingerprint density at radius 1 is 0.938 bits per heavy atom. The Kier molecular flexibility index (Phi) is 11.9. The van der Waals surface area contributed by atoms with Crippen LogP contribution >= 0.6 is 0 Å². The molecule has 0 spiro atoms. The lowest BCUT2D eigenvalue weighted by Crippen LogP contribution is -2.33. The van der Waals surface area contributed by atoms with Crippen LogP contribution in [0.2, 0.25) is 0 Å². The number of nitrogens with one attached hydrogen (secondary N) is 3. The predicted octanol–water partition coefficient (Wildman–Crippen LogP) is -0.272. The van der Waals surface area contributed by atoms with E-state index in [1.54, 1.807) is 0 Å². The third-order valence-corrected chi connectivity index (χ3v) is 2.12. The highest BCUT2D eigenvalue weighted by Gasteiger charge is 1.97. The molecule has 0 aromatic heterocycles. The van der Waals surface area contributed by atoms with Gasteiger partial charge in [-0.15, -0.1) is 0 Å². The van der Waals surface area contributed by atoms with Crippen molar-refractivity contribution in [2.75, 3.05) is 46.4 Å². The van der Waals surface area contributed by atoms with Gasteiger partial charge in [-0.25, -0.2) is 0 Å². The molecule has 0 aliphatic heterocycles. The fourth-order valence-corrected chi connectivity index (χ4v) is 1.20. The number of esters is 1. The smallest absolute Gasteiger partial charge is 0.306 e. The largest absolute Gasteiger partial charge is 0.469 e. The zero-order valence-corrected chi connectivity index (χ0v) is 10.5. The van der Waals surface area contributed by atoms with Gasteiger partial charge in [0.15, 0.2) is 0 Å². The summed E-state index contributed by atoms with van der Waals surface area (Å²) in [6.45, 7) is 7.72. The maximum atomic E-state index is 10.8. The first-order valence-corrected chi connectivity index (χ1v) is 6.00. The molecule has 0 bridgehead atoms. The van der Waals surface area contributed by atoms with E-state index in [1.165, 1.54) is 13.5 Å². The van der Waals surface area contributed by atoms with Crippen LogP contribution in [-0.2, 0) is 9.53 Å². The fraction of sp³-hybridized carbons (Fsp3) is 0.909. The van der Waals surface area contributed by atoms with Crippen molar-refractivity contribution in [3.8, 4) is 0 Å². The highest BCUT2D eigenvalue weighted by atomic mass is 16.5. The second kappa shape index (κ2) is 12.4. The van der Waals surface area contributed by atoms with Gasteiger partial charge in [0.25, 0.3) is 0 Å². The molecule has 0 saturated carbocycles. The number of ether oxygens (including phenoxy) is 1. The van der Waals surface area contributed by atoms with Crippen LogP contribution in [0.15, 0.2) is 0 Å². The minimum Gasteiger partial charge on any atom is -0.469 e. The molecule has 0 saturated heterocycles. The molecule has 0 unspecified atom stereocenters. The molecule has 3 N–H and O–H groups in total. The number of carbonyl (C=O) groups is 1. The van der Waals surface area contributed by atoms with Gasteiger partial charge in [0.2, 0.25) is 0 Å². The lowest BCUT2D eigenvalue weighted by Gasteiger charge is -2.06. The molecule has 0 radical (unpaired) electrons. The van der Waals surface area contributed by atoms with E-state index in [0.717, 1.165) is 32.7 Å². The van der Waals surface area contributed by atoms with Crippen LogP contribution in [-0.4, -0.2) is 52.3 Å². The molecule has 0 rings (SSSR count). The standard InChI is InChI=1S/C11H25N3O2/c1-3-5-12-7-9-14-10-8-13-6-4-11(15)16-2/h12-14H,3-10H2,1-2H3. The van der Waals surface area contributed by atoms with E-state index >= 15 is 0 Å². The van der Waals surface area contributed by atoms with E-state index in [1.807, 2.05) is 0 Å². The van der Waals surface area contributed by atoms with E-state index in [0.29, 0.717) is 13.0 Å². The van der Waals surface area contributed by atoms with Crippen LogP contribution in [0.4, 0.5) is 0 Å². The third kappa shape index (κ3) is 11.4. The van der Waals surface area contributed by atoms with Gasteiger partial charge < -0.3 is 20.7 Å². The topological polar surface area (TPSA) is 62.4 Å². The molecule has 0 aliphatic carbocycles. The van der Waals surface area contributed by atoms with Gasteiger partial charge in [0.05, 0.1) is 13.5 Å². The van der Waals surface area contributed by atoms with Crippen LogP contribution in [0.5, 0.6) is 0 Å². The average Bonchev–Trinajstić information content (AvgIpc) is 2.31. The number of hydrogen-bond donors (Lipinski definition) is 3. The molecule has 0 amide bonds. The fourth-order valence-electron chi connectivity index (χ4n) is 1.20. The van der Waals surface area contributed by atoms with Gasteiger partial charge >= 0.3 is 5.97 Å². The summed E-state index contributed by atoms with van der Waals surface area (Å²) in [5.74, 6) is -0.163. The Bertz CT molecular complexity index is 165. The highest BCUT2D eigenvalue weighted by Crippen LogP contribution is 1.79. The van der Waals surface area contributed by atoms with Gasteiger partial charge in [0.1, 0.15) is 0 Å². The Morgan fingerprint density at radius 3 is 1.94 bits per heavy atom. The SMILES string of the molecule is CCCNCCNCCNCCC(=O)OC. The van der Waals surface area contributed by atoms with Crippen LogP contribution in [0.3, 0.4) is 0 Å².